The minimum Gasteiger partial charge on any atom is -0.493 e. The lowest BCUT2D eigenvalue weighted by Crippen LogP contribution is -2.64. The zero-order valence-corrected chi connectivity index (χ0v) is 29.3. The Hall–Kier alpha value is -5.22. The number of fused-ring (bicyclic) bond motifs is 2. The van der Waals surface area contributed by atoms with Gasteiger partial charge in [-0.3, -0.25) is 19.2 Å². The van der Waals surface area contributed by atoms with Crippen LogP contribution in [-0.4, -0.2) is 95.4 Å². The number of hydrogen-bond acceptors (Lipinski definition) is 12. The summed E-state index contributed by atoms with van der Waals surface area (Å²) in [6.07, 6.45) is 8.59. The van der Waals surface area contributed by atoms with Gasteiger partial charge in [0.25, 0.3) is 11.1 Å². The van der Waals surface area contributed by atoms with Crippen LogP contribution in [0.1, 0.15) is 51.4 Å². The highest BCUT2D eigenvalue weighted by Crippen LogP contribution is 2.38. The molecular weight excluding hydrogens is 672 g/mol. The van der Waals surface area contributed by atoms with E-state index in [0.29, 0.717) is 57.9 Å². The lowest BCUT2D eigenvalue weighted by atomic mass is 9.78. The fourth-order valence-corrected chi connectivity index (χ4v) is 7.68. The van der Waals surface area contributed by atoms with Gasteiger partial charge in [-0.05, 0) is 63.5 Å². The van der Waals surface area contributed by atoms with Crippen molar-refractivity contribution in [2.75, 3.05) is 40.4 Å². The first kappa shape index (κ1) is 35.2. The average molecular weight is 717 g/mol. The van der Waals surface area contributed by atoms with Gasteiger partial charge in [0.2, 0.25) is 11.8 Å². The van der Waals surface area contributed by atoms with Gasteiger partial charge in [0, 0.05) is 38.3 Å². The highest BCUT2D eigenvalue weighted by molar-refractivity contribution is 5.88. The van der Waals surface area contributed by atoms with Gasteiger partial charge in [-0.1, -0.05) is 0 Å². The molecule has 0 unspecified atom stereocenters. The van der Waals surface area contributed by atoms with Crippen LogP contribution < -0.4 is 51.3 Å². The van der Waals surface area contributed by atoms with Crippen LogP contribution in [0, 0.1) is 0 Å². The molecule has 2 spiro atoms. The molecule has 4 heterocycles. The first-order chi connectivity index (χ1) is 25.2. The summed E-state index contributed by atoms with van der Waals surface area (Å²) in [6, 6.07) is 6.77. The van der Waals surface area contributed by atoms with Gasteiger partial charge in [-0.25, -0.2) is 9.97 Å². The fraction of sp³-hybridized carbons (Fsp3) is 0.500. The number of aromatic amines is 2. The van der Waals surface area contributed by atoms with Crippen molar-refractivity contribution in [3.63, 3.8) is 0 Å². The summed E-state index contributed by atoms with van der Waals surface area (Å²) in [6.45, 7) is 2.95. The van der Waals surface area contributed by atoms with Crippen molar-refractivity contribution in [1.29, 1.82) is 0 Å². The standard InChI is InChI=1S/2C18H22N4O4/c2*1-25-14-9-13-12(16(23)21-10-20-13)8-15(14)26-11-2-4-18(5-3-11)17(24)19-6-7-22-18/h2*8-11,22H,2-7H2,1H3,(H,19,24)(H,20,21,23). The van der Waals surface area contributed by atoms with Crippen LogP contribution in [0.4, 0.5) is 0 Å². The number of nitrogens with zero attached hydrogens (tertiary/aromatic N) is 2. The Kier molecular flexibility index (Phi) is 10.0. The van der Waals surface area contributed by atoms with Gasteiger partial charge in [0.05, 0.1) is 72.0 Å². The number of aromatic nitrogens is 4. The number of benzene rings is 2. The predicted molar refractivity (Wildman–Crippen MR) is 191 cm³/mol. The van der Waals surface area contributed by atoms with Crippen LogP contribution in [0.25, 0.3) is 21.8 Å². The van der Waals surface area contributed by atoms with E-state index in [1.807, 2.05) is 0 Å². The second kappa shape index (κ2) is 14.8. The zero-order valence-electron chi connectivity index (χ0n) is 29.3. The Labute approximate surface area is 298 Å². The molecule has 0 radical (unpaired) electrons. The minimum atomic E-state index is -0.466. The third kappa shape index (κ3) is 6.99. The van der Waals surface area contributed by atoms with Gasteiger partial charge >= 0.3 is 0 Å². The van der Waals surface area contributed by atoms with Crippen molar-refractivity contribution >= 4 is 33.6 Å². The van der Waals surface area contributed by atoms with E-state index in [0.717, 1.165) is 64.5 Å². The molecule has 16 heteroatoms. The lowest BCUT2D eigenvalue weighted by molar-refractivity contribution is -0.132. The van der Waals surface area contributed by atoms with Crippen LogP contribution in [0.5, 0.6) is 23.0 Å². The Morgan fingerprint density at radius 3 is 1.35 bits per heavy atom. The Morgan fingerprint density at radius 2 is 0.981 bits per heavy atom. The molecular formula is C36H44N8O8. The number of ether oxygens (including phenoxy) is 4. The molecule has 0 atom stereocenters. The third-order valence-electron chi connectivity index (χ3n) is 10.6. The van der Waals surface area contributed by atoms with E-state index in [2.05, 4.69) is 41.2 Å². The lowest BCUT2D eigenvalue weighted by Gasteiger charge is -2.42. The van der Waals surface area contributed by atoms with Crippen molar-refractivity contribution in [2.45, 2.75) is 74.7 Å². The summed E-state index contributed by atoms with van der Waals surface area (Å²) in [5.41, 5.74) is -0.243. The average Bonchev–Trinajstić information content (AvgIpc) is 3.16. The molecule has 4 aliphatic rings. The van der Waals surface area contributed by atoms with Crippen molar-refractivity contribution in [1.82, 2.24) is 41.2 Å². The van der Waals surface area contributed by atoms with Crippen molar-refractivity contribution in [2.24, 2.45) is 0 Å². The summed E-state index contributed by atoms with van der Waals surface area (Å²) < 4.78 is 23.1. The second-order valence-electron chi connectivity index (χ2n) is 13.7. The molecule has 52 heavy (non-hydrogen) atoms. The largest absolute Gasteiger partial charge is 0.493 e. The van der Waals surface area contributed by atoms with E-state index in [9.17, 15) is 19.2 Å². The number of H-pyrrole nitrogens is 2. The van der Waals surface area contributed by atoms with Crippen LogP contribution in [0.2, 0.25) is 0 Å². The zero-order chi connectivity index (χ0) is 36.3. The van der Waals surface area contributed by atoms with Crippen molar-refractivity contribution < 1.29 is 28.5 Å². The van der Waals surface area contributed by atoms with Gasteiger partial charge in [-0.15, -0.1) is 0 Å². The molecule has 2 aromatic carbocycles. The Bertz CT molecular complexity index is 1920. The number of methoxy groups -OCH3 is 2. The molecule has 2 aliphatic carbocycles. The number of nitrogens with one attached hydrogen (secondary N) is 6. The van der Waals surface area contributed by atoms with E-state index in [-0.39, 0.29) is 35.1 Å². The highest BCUT2D eigenvalue weighted by atomic mass is 16.5. The molecule has 6 N–H and O–H groups in total. The van der Waals surface area contributed by atoms with Crippen LogP contribution in [0.15, 0.2) is 46.5 Å². The summed E-state index contributed by atoms with van der Waals surface area (Å²) >= 11 is 0. The molecule has 2 amide bonds. The third-order valence-corrected chi connectivity index (χ3v) is 10.6. The van der Waals surface area contributed by atoms with Crippen molar-refractivity contribution in [3.05, 3.63) is 57.6 Å². The number of amides is 2. The maximum atomic E-state index is 12.2. The predicted octanol–water partition coefficient (Wildman–Crippen LogP) is 1.42. The van der Waals surface area contributed by atoms with Crippen LogP contribution in [0.3, 0.4) is 0 Å². The minimum absolute atomic E-state index is 0.0285. The molecule has 2 saturated heterocycles. The van der Waals surface area contributed by atoms with Gasteiger partial charge in [0.1, 0.15) is 0 Å². The maximum Gasteiger partial charge on any atom is 0.258 e. The van der Waals surface area contributed by atoms with Crippen molar-refractivity contribution in [3.8, 4) is 23.0 Å². The van der Waals surface area contributed by atoms with E-state index in [1.165, 1.54) is 12.7 Å². The van der Waals surface area contributed by atoms with Gasteiger partial charge in [-0.2, -0.15) is 0 Å². The normalized spacial score (nSPS) is 25.9. The van der Waals surface area contributed by atoms with E-state index < -0.39 is 11.1 Å². The fourth-order valence-electron chi connectivity index (χ4n) is 7.68. The smallest absolute Gasteiger partial charge is 0.258 e. The van der Waals surface area contributed by atoms with Crippen LogP contribution in [-0.2, 0) is 9.59 Å². The quantitative estimate of drug-likeness (QED) is 0.167. The molecule has 8 rings (SSSR count). The Morgan fingerprint density at radius 1 is 0.577 bits per heavy atom. The van der Waals surface area contributed by atoms with Gasteiger partial charge in [0.15, 0.2) is 23.0 Å². The number of rotatable bonds is 6. The number of hydrogen-bond donors (Lipinski definition) is 6. The van der Waals surface area contributed by atoms with E-state index in [4.69, 9.17) is 18.9 Å². The summed E-state index contributed by atoms with van der Waals surface area (Å²) in [7, 11) is 3.13. The van der Waals surface area contributed by atoms with Gasteiger partial charge < -0.3 is 50.2 Å². The number of carbonyl (C=O) groups excluding carboxylic acids is 2. The van der Waals surface area contributed by atoms with Crippen LogP contribution >= 0.6 is 0 Å². The molecule has 0 bridgehead atoms. The molecule has 276 valence electrons. The molecule has 16 nitrogen and oxygen atoms in total. The molecule has 4 aromatic rings. The first-order valence-electron chi connectivity index (χ1n) is 17.7. The molecule has 2 saturated carbocycles. The molecule has 2 aromatic heterocycles. The number of piperazine rings is 2. The summed E-state index contributed by atoms with van der Waals surface area (Å²) in [5, 5.41) is 13.6. The topological polar surface area (TPSA) is 211 Å². The number of carbonyl (C=O) groups is 2. The Balaban J connectivity index is 0.000000162. The molecule has 2 aliphatic heterocycles. The monoisotopic (exact) mass is 716 g/mol. The second-order valence-corrected chi connectivity index (χ2v) is 13.7. The van der Waals surface area contributed by atoms with E-state index >= 15 is 0 Å². The summed E-state index contributed by atoms with van der Waals surface area (Å²) in [5.74, 6) is 2.32. The van der Waals surface area contributed by atoms with E-state index in [1.54, 1.807) is 38.5 Å². The SMILES string of the molecule is COc1cc2nc[nH]c(=O)c2cc1OC1CCC2(CC1)NCCNC2=O.COc1cc2nc[nH]c(=O)c2cc1OC1CCC2(CC1)NCCNC2=O. The maximum absolute atomic E-state index is 12.2. The first-order valence-corrected chi connectivity index (χ1v) is 17.7. The summed E-state index contributed by atoms with van der Waals surface area (Å²) in [4.78, 5) is 62.0. The molecule has 4 fully saturated rings. The highest BCUT2D eigenvalue weighted by Gasteiger charge is 2.44.